The number of hydrazine groups is 1. The number of piperidine rings is 1. The van der Waals surface area contributed by atoms with Gasteiger partial charge in [-0.15, -0.1) is 0 Å². The molecule has 2 saturated heterocycles. The number of carbonyl (C=O) groups excluding carboxylic acids is 1. The van der Waals surface area contributed by atoms with E-state index >= 15 is 0 Å². The minimum absolute atomic E-state index is 0.0976. The van der Waals surface area contributed by atoms with Crippen LogP contribution >= 0.6 is 28.1 Å². The Kier molecular flexibility index (Phi) is 6.46. The maximum Gasteiger partial charge on any atom is 0.253 e. The normalized spacial score (nSPS) is 22.3. The number of amides is 1. The predicted octanol–water partition coefficient (Wildman–Crippen LogP) is 2.67. The summed E-state index contributed by atoms with van der Waals surface area (Å²) in [5.41, 5.74) is 0.0976. The molecule has 10 nitrogen and oxygen atoms in total. The van der Waals surface area contributed by atoms with Crippen molar-refractivity contribution in [3.8, 4) is 5.75 Å². The van der Waals surface area contributed by atoms with Crippen LogP contribution in [0.1, 0.15) is 6.42 Å². The standard InChI is InChI=1S/C17H19BrFN5O5S/c1-27-13-7-10(18)6-11(19)17(13)23-12-2-4-22(8-14(12)28-9-16(23)25)24(26)30-21-15-3-5-29-20-15/h3,5-7,12,14,26H,2,4,8-9H2,1H3,(H,20,21). The summed E-state index contributed by atoms with van der Waals surface area (Å²) in [6, 6.07) is 4.13. The van der Waals surface area contributed by atoms with Crippen LogP contribution in [-0.4, -0.2) is 64.8 Å². The van der Waals surface area contributed by atoms with Gasteiger partial charge in [-0.05, 0) is 23.1 Å². The van der Waals surface area contributed by atoms with Gasteiger partial charge in [-0.2, -0.15) is 0 Å². The zero-order valence-corrected chi connectivity index (χ0v) is 18.2. The highest BCUT2D eigenvalue weighted by Crippen LogP contribution is 2.39. The SMILES string of the molecule is COc1cc(Br)cc(F)c1N1C(=O)COC2CN(N(O)SNc3ccon3)CCC21. The molecular formula is C17H19BrFN5O5S. The highest BCUT2D eigenvalue weighted by Gasteiger charge is 2.44. The number of hydrogen-bond acceptors (Lipinski definition) is 10. The summed E-state index contributed by atoms with van der Waals surface area (Å²) in [4.78, 5) is 14.1. The maximum atomic E-state index is 14.8. The van der Waals surface area contributed by atoms with Gasteiger partial charge in [0.15, 0.2) is 11.6 Å². The van der Waals surface area contributed by atoms with E-state index in [1.807, 2.05) is 0 Å². The lowest BCUT2D eigenvalue weighted by atomic mass is 9.98. The van der Waals surface area contributed by atoms with Crippen LogP contribution in [0.15, 0.2) is 33.5 Å². The molecule has 2 aliphatic rings. The van der Waals surface area contributed by atoms with Gasteiger partial charge in [-0.1, -0.05) is 21.1 Å². The van der Waals surface area contributed by atoms with Gasteiger partial charge in [-0.25, -0.2) is 9.40 Å². The number of fused-ring (bicyclic) bond motifs is 1. The van der Waals surface area contributed by atoms with Crippen molar-refractivity contribution < 1.29 is 28.4 Å². The van der Waals surface area contributed by atoms with E-state index in [0.717, 1.165) is 16.7 Å². The van der Waals surface area contributed by atoms with E-state index in [-0.39, 0.29) is 24.0 Å². The lowest BCUT2D eigenvalue weighted by Gasteiger charge is -2.47. The van der Waals surface area contributed by atoms with Crippen LogP contribution < -0.4 is 14.4 Å². The van der Waals surface area contributed by atoms with Gasteiger partial charge < -0.3 is 14.0 Å². The first-order valence-electron chi connectivity index (χ1n) is 9.02. The molecule has 4 rings (SSSR count). The third-order valence-corrected chi connectivity index (χ3v) is 6.04. The summed E-state index contributed by atoms with van der Waals surface area (Å²) in [6.45, 7) is 0.529. The smallest absolute Gasteiger partial charge is 0.253 e. The van der Waals surface area contributed by atoms with Gasteiger partial charge in [0.1, 0.15) is 24.3 Å². The number of methoxy groups -OCH3 is 1. The number of benzene rings is 1. The minimum Gasteiger partial charge on any atom is -0.494 e. The maximum absolute atomic E-state index is 14.8. The van der Waals surface area contributed by atoms with Crippen molar-refractivity contribution in [3.63, 3.8) is 0 Å². The van der Waals surface area contributed by atoms with Crippen LogP contribution in [0.25, 0.3) is 0 Å². The number of nitrogens with one attached hydrogen (secondary N) is 1. The Hall–Kier alpha value is -1.90. The number of anilines is 2. The first-order valence-corrected chi connectivity index (χ1v) is 10.6. The van der Waals surface area contributed by atoms with Crippen LogP contribution in [-0.2, 0) is 9.53 Å². The first-order chi connectivity index (χ1) is 14.5. The summed E-state index contributed by atoms with van der Waals surface area (Å²) >= 11 is 4.15. The molecule has 1 aromatic carbocycles. The van der Waals surface area contributed by atoms with Crippen molar-refractivity contribution in [2.75, 3.05) is 36.4 Å². The molecule has 0 aliphatic carbocycles. The zero-order valence-electron chi connectivity index (χ0n) is 15.8. The molecule has 0 saturated carbocycles. The van der Waals surface area contributed by atoms with E-state index in [4.69, 9.17) is 14.0 Å². The Morgan fingerprint density at radius 3 is 3.07 bits per heavy atom. The molecule has 2 unspecified atom stereocenters. The summed E-state index contributed by atoms with van der Waals surface area (Å²) in [5.74, 6) is -0.187. The van der Waals surface area contributed by atoms with Crippen molar-refractivity contribution in [3.05, 3.63) is 34.8 Å². The van der Waals surface area contributed by atoms with E-state index in [0.29, 0.717) is 29.8 Å². The molecule has 162 valence electrons. The van der Waals surface area contributed by atoms with Gasteiger partial charge in [0, 0.05) is 23.6 Å². The molecule has 2 N–H and O–H groups in total. The van der Waals surface area contributed by atoms with E-state index in [9.17, 15) is 14.4 Å². The van der Waals surface area contributed by atoms with Gasteiger partial charge in [0.05, 0.1) is 31.4 Å². The molecule has 0 radical (unpaired) electrons. The fourth-order valence-electron chi connectivity index (χ4n) is 3.57. The number of hydrogen-bond donors (Lipinski definition) is 2. The van der Waals surface area contributed by atoms with Crippen LogP contribution in [0.5, 0.6) is 5.75 Å². The Labute approximate surface area is 184 Å². The number of aromatic nitrogens is 1. The van der Waals surface area contributed by atoms with Crippen molar-refractivity contribution >= 4 is 45.5 Å². The van der Waals surface area contributed by atoms with Gasteiger partial charge in [0.25, 0.3) is 5.91 Å². The Bertz CT molecular complexity index is 907. The summed E-state index contributed by atoms with van der Waals surface area (Å²) in [6.07, 6.45) is 1.44. The lowest BCUT2D eigenvalue weighted by Crippen LogP contribution is -2.63. The molecule has 13 heteroatoms. The Morgan fingerprint density at radius 2 is 2.33 bits per heavy atom. The molecule has 1 amide bonds. The van der Waals surface area contributed by atoms with E-state index in [1.165, 1.54) is 24.3 Å². The van der Waals surface area contributed by atoms with Crippen molar-refractivity contribution in [2.45, 2.75) is 18.6 Å². The van der Waals surface area contributed by atoms with Crippen molar-refractivity contribution in [1.82, 2.24) is 14.7 Å². The van der Waals surface area contributed by atoms with Crippen molar-refractivity contribution in [1.29, 1.82) is 0 Å². The van der Waals surface area contributed by atoms with Crippen LogP contribution in [0.3, 0.4) is 0 Å². The monoisotopic (exact) mass is 503 g/mol. The van der Waals surface area contributed by atoms with E-state index < -0.39 is 18.0 Å². The van der Waals surface area contributed by atoms with Crippen molar-refractivity contribution in [2.24, 2.45) is 0 Å². The molecule has 2 atom stereocenters. The van der Waals surface area contributed by atoms with E-state index in [1.54, 1.807) is 17.1 Å². The summed E-state index contributed by atoms with van der Waals surface area (Å²) in [5, 5.41) is 15.7. The molecule has 0 spiro atoms. The number of carbonyl (C=O) groups is 1. The lowest BCUT2D eigenvalue weighted by molar-refractivity contribution is -0.191. The number of halogens is 2. The number of ether oxygens (including phenoxy) is 2. The predicted molar refractivity (Wildman–Crippen MR) is 109 cm³/mol. The Morgan fingerprint density at radius 1 is 1.50 bits per heavy atom. The molecule has 30 heavy (non-hydrogen) atoms. The molecule has 0 bridgehead atoms. The van der Waals surface area contributed by atoms with Gasteiger partial charge in [-0.3, -0.25) is 19.6 Å². The molecule has 2 aromatic rings. The molecule has 2 fully saturated rings. The second-order valence-electron chi connectivity index (χ2n) is 6.65. The summed E-state index contributed by atoms with van der Waals surface area (Å²) < 4.78 is 34.9. The number of nitrogens with zero attached hydrogens (tertiary/aromatic N) is 4. The minimum atomic E-state index is -0.561. The zero-order chi connectivity index (χ0) is 21.3. The second-order valence-corrected chi connectivity index (χ2v) is 8.28. The average molecular weight is 504 g/mol. The Balaban J connectivity index is 1.49. The number of rotatable bonds is 6. The molecule has 2 aliphatic heterocycles. The van der Waals surface area contributed by atoms with E-state index in [2.05, 4.69) is 25.8 Å². The number of morpholine rings is 1. The fraction of sp³-hybridized carbons (Fsp3) is 0.412. The summed E-state index contributed by atoms with van der Waals surface area (Å²) in [7, 11) is 1.43. The fourth-order valence-corrected chi connectivity index (χ4v) is 4.52. The van der Waals surface area contributed by atoms with Crippen LogP contribution in [0.2, 0.25) is 0 Å². The third-order valence-electron chi connectivity index (χ3n) is 4.89. The molecule has 3 heterocycles. The highest BCUT2D eigenvalue weighted by molar-refractivity contribution is 9.10. The third kappa shape index (κ3) is 4.26. The topological polar surface area (TPSA) is 104 Å². The molecule has 1 aromatic heterocycles. The van der Waals surface area contributed by atoms with Crippen LogP contribution in [0, 0.1) is 5.82 Å². The van der Waals surface area contributed by atoms with Gasteiger partial charge in [0.2, 0.25) is 0 Å². The van der Waals surface area contributed by atoms with Crippen LogP contribution in [0.4, 0.5) is 15.9 Å². The average Bonchev–Trinajstić information content (AvgIpc) is 3.25. The quantitative estimate of drug-likeness (QED) is 0.451. The largest absolute Gasteiger partial charge is 0.494 e. The highest BCUT2D eigenvalue weighted by atomic mass is 79.9. The first kappa shape index (κ1) is 21.3. The van der Waals surface area contributed by atoms with Gasteiger partial charge >= 0.3 is 0 Å². The second kappa shape index (κ2) is 9.08. The molecular weight excluding hydrogens is 485 g/mol.